The minimum absolute atomic E-state index is 0.374. The number of fused-ring (bicyclic) bond motifs is 1. The Kier molecular flexibility index (Phi) is 8.47. The average Bonchev–Trinajstić information content (AvgIpc) is 2.92. The molecule has 0 aliphatic heterocycles. The molecule has 3 aromatic carbocycles. The number of aryl methyl sites for hydroxylation is 1. The maximum absolute atomic E-state index is 12.3. The summed E-state index contributed by atoms with van der Waals surface area (Å²) in [4.78, 5) is 21.7. The molecule has 36 heavy (non-hydrogen) atoms. The molecular weight excluding hydrogens is 456 g/mol. The van der Waals surface area contributed by atoms with Gasteiger partial charge in [0.15, 0.2) is 11.9 Å². The van der Waals surface area contributed by atoms with Crippen LogP contribution in [0.2, 0.25) is 0 Å². The molecule has 0 bridgehead atoms. The van der Waals surface area contributed by atoms with Crippen molar-refractivity contribution in [1.29, 1.82) is 0 Å². The fraction of sp³-hybridized carbons (Fsp3) is 0.276. The van der Waals surface area contributed by atoms with Crippen molar-refractivity contribution in [3.8, 4) is 23.0 Å². The molecule has 4 aromatic rings. The number of methoxy groups -OCH3 is 2. The van der Waals surface area contributed by atoms with Crippen molar-refractivity contribution in [2.45, 2.75) is 25.9 Å². The van der Waals surface area contributed by atoms with Crippen molar-refractivity contribution >= 4 is 16.9 Å². The van der Waals surface area contributed by atoms with Crippen molar-refractivity contribution in [2.24, 2.45) is 0 Å². The van der Waals surface area contributed by atoms with Crippen LogP contribution in [0.5, 0.6) is 11.6 Å². The molecule has 0 aliphatic carbocycles. The lowest BCUT2D eigenvalue weighted by molar-refractivity contribution is -0.154. The molecule has 1 heterocycles. The van der Waals surface area contributed by atoms with E-state index in [1.54, 1.807) is 13.2 Å². The summed E-state index contributed by atoms with van der Waals surface area (Å²) in [6.07, 6.45) is 0.615. The molecule has 1 atom stereocenters. The number of esters is 1. The molecule has 4 rings (SSSR count). The lowest BCUT2D eigenvalue weighted by atomic mass is 10.1. The Morgan fingerprint density at radius 2 is 1.67 bits per heavy atom. The van der Waals surface area contributed by atoms with Crippen LogP contribution in [-0.4, -0.2) is 43.4 Å². The van der Waals surface area contributed by atoms with Gasteiger partial charge in [-0.25, -0.2) is 9.78 Å². The van der Waals surface area contributed by atoms with E-state index < -0.39 is 12.1 Å². The molecule has 0 fully saturated rings. The first-order chi connectivity index (χ1) is 17.6. The molecule has 0 spiro atoms. The first kappa shape index (κ1) is 25.1. The van der Waals surface area contributed by atoms with E-state index in [0.717, 1.165) is 22.9 Å². The van der Waals surface area contributed by atoms with Crippen molar-refractivity contribution in [3.63, 3.8) is 0 Å². The number of rotatable bonds is 11. The monoisotopic (exact) mass is 486 g/mol. The second kappa shape index (κ2) is 12.1. The van der Waals surface area contributed by atoms with Gasteiger partial charge in [0.25, 0.3) is 0 Å². The fourth-order valence-corrected chi connectivity index (χ4v) is 3.78. The van der Waals surface area contributed by atoms with E-state index in [-0.39, 0.29) is 0 Å². The van der Waals surface area contributed by atoms with Gasteiger partial charge >= 0.3 is 5.97 Å². The number of carbonyl (C=O) groups excluding carboxylic acids is 1. The third-order valence-electron chi connectivity index (χ3n) is 5.75. The number of nitrogens with zero attached hydrogens (tertiary/aromatic N) is 2. The first-order valence-corrected chi connectivity index (χ1v) is 11.9. The topological polar surface area (TPSA) is 79.8 Å². The summed E-state index contributed by atoms with van der Waals surface area (Å²) in [6.45, 7) is 2.88. The Bertz CT molecular complexity index is 1310. The van der Waals surface area contributed by atoms with Crippen LogP contribution >= 0.6 is 0 Å². The summed E-state index contributed by atoms with van der Waals surface area (Å²) < 4.78 is 22.1. The average molecular weight is 487 g/mol. The highest BCUT2D eigenvalue weighted by molar-refractivity contribution is 5.85. The molecule has 1 aromatic heterocycles. The quantitative estimate of drug-likeness (QED) is 0.199. The third kappa shape index (κ3) is 6.17. The molecule has 0 N–H and O–H groups in total. The standard InChI is InChI=1S/C29H30N2O5/c1-20-13-15-21(16-14-20)27-30-25-12-5-4-11-24(25)28(31-27)36-18-7-6-17-35-26(29(32)34-3)22-9-8-10-23(19-22)33-2/h4-5,8-16,19,26H,6-7,17-18H2,1-3H3. The van der Waals surface area contributed by atoms with Crippen LogP contribution in [0, 0.1) is 6.92 Å². The zero-order chi connectivity index (χ0) is 25.3. The van der Waals surface area contributed by atoms with Crippen molar-refractivity contribution in [2.75, 3.05) is 27.4 Å². The van der Waals surface area contributed by atoms with Gasteiger partial charge in [-0.15, -0.1) is 0 Å². The molecule has 0 saturated carbocycles. The molecule has 7 heteroatoms. The number of benzene rings is 3. The Morgan fingerprint density at radius 3 is 2.44 bits per heavy atom. The highest BCUT2D eigenvalue weighted by Gasteiger charge is 2.22. The first-order valence-electron chi connectivity index (χ1n) is 11.9. The highest BCUT2D eigenvalue weighted by Crippen LogP contribution is 2.27. The maximum Gasteiger partial charge on any atom is 0.339 e. The van der Waals surface area contributed by atoms with E-state index in [1.165, 1.54) is 12.7 Å². The van der Waals surface area contributed by atoms with E-state index in [1.807, 2.05) is 73.7 Å². The van der Waals surface area contributed by atoms with Crippen LogP contribution in [-0.2, 0) is 14.3 Å². The Hall–Kier alpha value is -3.97. The van der Waals surface area contributed by atoms with E-state index in [4.69, 9.17) is 28.9 Å². The van der Waals surface area contributed by atoms with Crippen molar-refractivity contribution < 1.29 is 23.7 Å². The number of ether oxygens (including phenoxy) is 4. The zero-order valence-corrected chi connectivity index (χ0v) is 20.8. The van der Waals surface area contributed by atoms with Crippen molar-refractivity contribution in [3.05, 3.63) is 83.9 Å². The third-order valence-corrected chi connectivity index (χ3v) is 5.75. The van der Waals surface area contributed by atoms with Gasteiger partial charge in [-0.1, -0.05) is 54.1 Å². The minimum atomic E-state index is -0.811. The van der Waals surface area contributed by atoms with Gasteiger partial charge in [-0.05, 0) is 49.6 Å². The zero-order valence-electron chi connectivity index (χ0n) is 20.8. The van der Waals surface area contributed by atoms with Crippen LogP contribution in [0.15, 0.2) is 72.8 Å². The summed E-state index contributed by atoms with van der Waals surface area (Å²) in [5.41, 5.74) is 3.64. The number of para-hydroxylation sites is 1. The summed E-state index contributed by atoms with van der Waals surface area (Å²) in [5.74, 6) is 1.39. The van der Waals surface area contributed by atoms with Crippen LogP contribution in [0.1, 0.15) is 30.1 Å². The molecular formula is C29H30N2O5. The highest BCUT2D eigenvalue weighted by atomic mass is 16.6. The summed E-state index contributed by atoms with van der Waals surface area (Å²) >= 11 is 0. The lowest BCUT2D eigenvalue weighted by Gasteiger charge is -2.17. The maximum atomic E-state index is 12.3. The molecule has 7 nitrogen and oxygen atoms in total. The lowest BCUT2D eigenvalue weighted by Crippen LogP contribution is -2.18. The second-order valence-electron chi connectivity index (χ2n) is 8.34. The smallest absolute Gasteiger partial charge is 0.339 e. The molecule has 0 amide bonds. The SMILES string of the molecule is COC(=O)C(OCCCCOc1nc(-c2ccc(C)cc2)nc2ccccc12)c1cccc(OC)c1. The predicted molar refractivity (Wildman–Crippen MR) is 138 cm³/mol. The molecule has 0 radical (unpaired) electrons. The summed E-state index contributed by atoms with van der Waals surface area (Å²) in [7, 11) is 2.93. The number of aromatic nitrogens is 2. The summed E-state index contributed by atoms with van der Waals surface area (Å²) in [5, 5.41) is 0.869. The van der Waals surface area contributed by atoms with E-state index in [0.29, 0.717) is 42.7 Å². The number of carbonyl (C=O) groups is 1. The van der Waals surface area contributed by atoms with Gasteiger partial charge in [0.05, 0.1) is 31.7 Å². The largest absolute Gasteiger partial charge is 0.497 e. The van der Waals surface area contributed by atoms with Crippen LogP contribution < -0.4 is 9.47 Å². The number of unbranched alkanes of at least 4 members (excludes halogenated alkanes) is 1. The van der Waals surface area contributed by atoms with Gasteiger partial charge in [0, 0.05) is 12.2 Å². The van der Waals surface area contributed by atoms with E-state index in [2.05, 4.69) is 0 Å². The van der Waals surface area contributed by atoms with Gasteiger partial charge in [-0.2, -0.15) is 4.98 Å². The normalized spacial score (nSPS) is 11.8. The number of hydrogen-bond acceptors (Lipinski definition) is 7. The van der Waals surface area contributed by atoms with Gasteiger partial charge in [-0.3, -0.25) is 0 Å². The number of hydrogen-bond donors (Lipinski definition) is 0. The van der Waals surface area contributed by atoms with Crippen LogP contribution in [0.4, 0.5) is 0 Å². The van der Waals surface area contributed by atoms with Gasteiger partial charge < -0.3 is 18.9 Å². The second-order valence-corrected chi connectivity index (χ2v) is 8.34. The molecule has 1 unspecified atom stereocenters. The van der Waals surface area contributed by atoms with E-state index >= 15 is 0 Å². The van der Waals surface area contributed by atoms with E-state index in [9.17, 15) is 4.79 Å². The van der Waals surface area contributed by atoms with Gasteiger partial charge in [0.1, 0.15) is 5.75 Å². The Balaban J connectivity index is 1.37. The van der Waals surface area contributed by atoms with Gasteiger partial charge in [0.2, 0.25) is 5.88 Å². The minimum Gasteiger partial charge on any atom is -0.497 e. The Morgan fingerprint density at radius 1 is 0.889 bits per heavy atom. The Labute approximate surface area is 211 Å². The van der Waals surface area contributed by atoms with Crippen LogP contribution in [0.25, 0.3) is 22.3 Å². The molecule has 0 aliphatic rings. The molecule has 186 valence electrons. The van der Waals surface area contributed by atoms with Crippen molar-refractivity contribution in [1.82, 2.24) is 9.97 Å². The molecule has 0 saturated heterocycles. The predicted octanol–water partition coefficient (Wildman–Crippen LogP) is 5.70. The summed E-state index contributed by atoms with van der Waals surface area (Å²) in [6, 6.07) is 23.2. The van der Waals surface area contributed by atoms with Crippen LogP contribution in [0.3, 0.4) is 0 Å². The fourth-order valence-electron chi connectivity index (χ4n) is 3.78.